The normalized spacial score (nSPS) is 19.9. The Morgan fingerprint density at radius 3 is 2.44 bits per heavy atom. The van der Waals surface area contributed by atoms with Gasteiger partial charge in [-0.1, -0.05) is 4.49 Å². The molecule has 3 fully saturated rings. The fourth-order valence-electron chi connectivity index (χ4n) is 6.16. The number of rotatable bonds is 6. The van der Waals surface area contributed by atoms with Crippen molar-refractivity contribution >= 4 is 45.3 Å². The summed E-state index contributed by atoms with van der Waals surface area (Å²) in [6.45, 7) is 6.32. The van der Waals surface area contributed by atoms with Crippen LogP contribution in [-0.2, 0) is 9.59 Å². The molecule has 41 heavy (non-hydrogen) atoms. The number of hydrogen-bond donors (Lipinski definition) is 1. The van der Waals surface area contributed by atoms with Gasteiger partial charge in [-0.15, -0.1) is 5.10 Å². The zero-order valence-corrected chi connectivity index (χ0v) is 23.8. The summed E-state index contributed by atoms with van der Waals surface area (Å²) in [6.07, 6.45) is 8.55. The number of aromatic nitrogens is 4. The van der Waals surface area contributed by atoms with Crippen LogP contribution in [0.5, 0.6) is 0 Å². The van der Waals surface area contributed by atoms with Crippen molar-refractivity contribution in [2.75, 3.05) is 64.2 Å². The van der Waals surface area contributed by atoms with E-state index in [2.05, 4.69) is 34.7 Å². The second-order valence-electron chi connectivity index (χ2n) is 11.0. The van der Waals surface area contributed by atoms with E-state index in [9.17, 15) is 14.4 Å². The number of hydrogen-bond acceptors (Lipinski definition) is 10. The predicted molar refractivity (Wildman–Crippen MR) is 154 cm³/mol. The van der Waals surface area contributed by atoms with Crippen molar-refractivity contribution in [2.45, 2.75) is 31.7 Å². The van der Waals surface area contributed by atoms with Crippen molar-refractivity contribution in [2.24, 2.45) is 5.92 Å². The van der Waals surface area contributed by atoms with E-state index in [-0.39, 0.29) is 23.6 Å². The Morgan fingerprint density at radius 1 is 0.927 bits per heavy atom. The van der Waals surface area contributed by atoms with Crippen LogP contribution in [0.3, 0.4) is 0 Å². The Hall–Kier alpha value is -3.55. The average molecular weight is 578 g/mol. The first kappa shape index (κ1) is 27.6. The summed E-state index contributed by atoms with van der Waals surface area (Å²) in [7, 11) is 0. The standard InChI is InChI=1S/C28H35N9O3S/c38-25(31-22-2-1-7-29-18-22)19-34-12-14-37(15-13-34)27(39)20-3-8-35(9-4-20)23-5-10-36(11-6-23)28(40)21-16-24-26(30-17-21)41-33-32-24/h1-2,7,16-18,20,23H,3-6,8-15,19H2,(H,31,38). The highest BCUT2D eigenvalue weighted by Gasteiger charge is 2.34. The van der Waals surface area contributed by atoms with Crippen molar-refractivity contribution in [3.8, 4) is 0 Å². The fraction of sp³-hybridized carbons (Fsp3) is 0.536. The molecule has 0 unspecified atom stereocenters. The molecule has 6 rings (SSSR count). The van der Waals surface area contributed by atoms with Crippen LogP contribution in [-0.4, -0.2) is 122 Å². The molecule has 0 atom stereocenters. The van der Waals surface area contributed by atoms with Gasteiger partial charge in [0.1, 0.15) is 5.52 Å². The molecule has 0 bridgehead atoms. The topological polar surface area (TPSA) is 128 Å². The van der Waals surface area contributed by atoms with Crippen molar-refractivity contribution in [3.05, 3.63) is 42.4 Å². The van der Waals surface area contributed by atoms with Gasteiger partial charge in [-0.2, -0.15) is 0 Å². The number of nitrogens with zero attached hydrogens (tertiary/aromatic N) is 8. The first-order valence-corrected chi connectivity index (χ1v) is 15.1. The van der Waals surface area contributed by atoms with Gasteiger partial charge in [-0.25, -0.2) is 4.98 Å². The molecule has 13 heteroatoms. The third-order valence-electron chi connectivity index (χ3n) is 8.50. The SMILES string of the molecule is O=C(CN1CCN(C(=O)C2CCN(C3CCN(C(=O)c4cnc5snnc5c4)CC3)CC2)CC1)Nc1cccnc1. The van der Waals surface area contributed by atoms with Gasteiger partial charge >= 0.3 is 0 Å². The minimum Gasteiger partial charge on any atom is -0.340 e. The second kappa shape index (κ2) is 12.5. The Balaban J connectivity index is 0.907. The maximum atomic E-state index is 13.3. The van der Waals surface area contributed by atoms with E-state index in [0.717, 1.165) is 56.7 Å². The predicted octanol–water partition coefficient (Wildman–Crippen LogP) is 1.58. The zero-order valence-electron chi connectivity index (χ0n) is 23.0. The molecule has 3 saturated heterocycles. The minimum absolute atomic E-state index is 0.00405. The van der Waals surface area contributed by atoms with Gasteiger partial charge in [0.05, 0.1) is 24.0 Å². The van der Waals surface area contributed by atoms with Crippen molar-refractivity contribution in [3.63, 3.8) is 0 Å². The van der Waals surface area contributed by atoms with Crippen molar-refractivity contribution in [1.29, 1.82) is 0 Å². The summed E-state index contributed by atoms with van der Waals surface area (Å²) in [4.78, 5) is 56.2. The maximum absolute atomic E-state index is 13.3. The van der Waals surface area contributed by atoms with E-state index in [1.807, 2.05) is 15.9 Å². The van der Waals surface area contributed by atoms with Crippen molar-refractivity contribution < 1.29 is 14.4 Å². The van der Waals surface area contributed by atoms with Crippen LogP contribution >= 0.6 is 11.5 Å². The van der Waals surface area contributed by atoms with E-state index < -0.39 is 0 Å². The molecule has 216 valence electrons. The monoisotopic (exact) mass is 577 g/mol. The molecule has 12 nitrogen and oxygen atoms in total. The van der Waals surface area contributed by atoms with Crippen LogP contribution in [0, 0.1) is 5.92 Å². The number of pyridine rings is 2. The molecule has 3 aliphatic rings. The first-order chi connectivity index (χ1) is 20.0. The molecule has 3 amide bonds. The number of piperazine rings is 1. The lowest BCUT2D eigenvalue weighted by Gasteiger charge is -2.42. The Morgan fingerprint density at radius 2 is 1.71 bits per heavy atom. The van der Waals surface area contributed by atoms with Crippen LogP contribution in [0.15, 0.2) is 36.8 Å². The molecule has 1 N–H and O–H groups in total. The molecule has 3 aromatic rings. The molecular formula is C28H35N9O3S. The number of piperidine rings is 2. The van der Waals surface area contributed by atoms with E-state index in [1.54, 1.807) is 30.7 Å². The number of fused-ring (bicyclic) bond motifs is 1. The van der Waals surface area contributed by atoms with E-state index in [4.69, 9.17) is 0 Å². The summed E-state index contributed by atoms with van der Waals surface area (Å²) in [5.74, 6) is 0.262. The highest BCUT2D eigenvalue weighted by molar-refractivity contribution is 7.12. The molecule has 6 heterocycles. The van der Waals surface area contributed by atoms with E-state index in [1.165, 1.54) is 11.5 Å². The molecule has 3 aliphatic heterocycles. The van der Waals surface area contributed by atoms with Crippen LogP contribution in [0.2, 0.25) is 0 Å². The van der Waals surface area contributed by atoms with Crippen LogP contribution in [0.4, 0.5) is 5.69 Å². The molecule has 0 aliphatic carbocycles. The van der Waals surface area contributed by atoms with Gasteiger partial charge < -0.3 is 20.0 Å². The number of carbonyl (C=O) groups is 3. The first-order valence-electron chi connectivity index (χ1n) is 14.4. The van der Waals surface area contributed by atoms with E-state index >= 15 is 0 Å². The third kappa shape index (κ3) is 6.52. The van der Waals surface area contributed by atoms with Gasteiger partial charge in [0.25, 0.3) is 5.91 Å². The molecule has 3 aromatic heterocycles. The van der Waals surface area contributed by atoms with Gasteiger partial charge in [0.2, 0.25) is 11.8 Å². The van der Waals surface area contributed by atoms with Gasteiger partial charge in [0, 0.05) is 75.2 Å². The quantitative estimate of drug-likeness (QED) is 0.464. The van der Waals surface area contributed by atoms with Gasteiger partial charge in [0.15, 0.2) is 4.83 Å². The summed E-state index contributed by atoms with van der Waals surface area (Å²) in [5, 5.41) is 6.91. The highest BCUT2D eigenvalue weighted by atomic mass is 32.1. The third-order valence-corrected chi connectivity index (χ3v) is 9.15. The van der Waals surface area contributed by atoms with Crippen LogP contribution < -0.4 is 5.32 Å². The van der Waals surface area contributed by atoms with Gasteiger partial charge in [-0.3, -0.25) is 24.3 Å². The smallest absolute Gasteiger partial charge is 0.255 e. The molecule has 0 spiro atoms. The zero-order chi connectivity index (χ0) is 28.2. The Bertz CT molecular complexity index is 1360. The minimum atomic E-state index is -0.0629. The van der Waals surface area contributed by atoms with Crippen molar-refractivity contribution in [1.82, 2.24) is 39.2 Å². The summed E-state index contributed by atoms with van der Waals surface area (Å²) < 4.78 is 3.90. The average Bonchev–Trinajstić information content (AvgIpc) is 3.50. The van der Waals surface area contributed by atoms with Gasteiger partial charge in [-0.05, 0) is 57.0 Å². The molecular weight excluding hydrogens is 542 g/mol. The number of nitrogens with one attached hydrogen (secondary N) is 1. The Kier molecular flexibility index (Phi) is 8.44. The van der Waals surface area contributed by atoms with E-state index in [0.29, 0.717) is 55.5 Å². The fourth-order valence-corrected chi connectivity index (χ4v) is 6.65. The molecule has 0 radical (unpaired) electrons. The molecule has 0 saturated carbocycles. The number of amides is 3. The maximum Gasteiger partial charge on any atom is 0.255 e. The largest absolute Gasteiger partial charge is 0.340 e. The number of carbonyl (C=O) groups excluding carboxylic acids is 3. The lowest BCUT2D eigenvalue weighted by Crippen LogP contribution is -2.54. The Labute approximate surface area is 242 Å². The summed E-state index contributed by atoms with van der Waals surface area (Å²) in [6, 6.07) is 5.83. The lowest BCUT2D eigenvalue weighted by atomic mass is 9.92. The second-order valence-corrected chi connectivity index (χ2v) is 11.8. The van der Waals surface area contributed by atoms with Crippen LogP contribution in [0.25, 0.3) is 10.3 Å². The van der Waals surface area contributed by atoms with Crippen LogP contribution in [0.1, 0.15) is 36.0 Å². The summed E-state index contributed by atoms with van der Waals surface area (Å²) in [5.41, 5.74) is 1.92. The number of anilines is 1. The summed E-state index contributed by atoms with van der Waals surface area (Å²) >= 11 is 1.23. The molecule has 0 aromatic carbocycles. The highest BCUT2D eigenvalue weighted by Crippen LogP contribution is 2.26. The lowest BCUT2D eigenvalue weighted by molar-refractivity contribution is -0.139. The number of likely N-dealkylation sites (tertiary alicyclic amines) is 2.